The molecule has 0 saturated carbocycles. The highest BCUT2D eigenvalue weighted by Crippen LogP contribution is 2.66. The maximum absolute atomic E-state index is 14.7. The van der Waals surface area contributed by atoms with E-state index in [2.05, 4.69) is 13.2 Å². The fraction of sp³-hybridized carbons (Fsp3) is 0.472. The molecule has 1 spiro atoms. The number of nitrogens with zero attached hydrogens (tertiary/aromatic N) is 3. The van der Waals surface area contributed by atoms with Gasteiger partial charge in [-0.15, -0.1) is 13.2 Å². The topological polar surface area (TPSA) is 90.4 Å². The first-order chi connectivity index (χ1) is 21.2. The Labute approximate surface area is 261 Å². The largest absolute Gasteiger partial charge is 0.394 e. The van der Waals surface area contributed by atoms with Crippen LogP contribution >= 0.6 is 0 Å². The summed E-state index contributed by atoms with van der Waals surface area (Å²) in [5.41, 5.74) is -0.220. The minimum absolute atomic E-state index is 0.0887. The Bertz CT molecular complexity index is 1380. The van der Waals surface area contributed by atoms with Crippen molar-refractivity contribution in [3.8, 4) is 0 Å². The summed E-state index contributed by atoms with van der Waals surface area (Å²) < 4.78 is 6.96. The van der Waals surface area contributed by atoms with Crippen molar-refractivity contribution < 1.29 is 24.2 Å². The van der Waals surface area contributed by atoms with Gasteiger partial charge in [0.2, 0.25) is 17.7 Å². The molecule has 8 heteroatoms. The predicted octanol–water partition coefficient (Wildman–Crippen LogP) is 4.20. The van der Waals surface area contributed by atoms with Crippen molar-refractivity contribution in [1.29, 1.82) is 0 Å². The molecule has 3 unspecified atom stereocenters. The Hall–Kier alpha value is -3.75. The third kappa shape index (κ3) is 5.18. The van der Waals surface area contributed by atoms with E-state index >= 15 is 0 Å². The molecule has 0 aliphatic carbocycles. The highest BCUT2D eigenvalue weighted by atomic mass is 16.5. The molecule has 1 N–H and O–H groups in total. The van der Waals surface area contributed by atoms with Crippen LogP contribution < -0.4 is 0 Å². The molecule has 3 fully saturated rings. The molecule has 8 nitrogen and oxygen atoms in total. The first kappa shape index (κ1) is 31.7. The molecule has 0 radical (unpaired) electrons. The van der Waals surface area contributed by atoms with Crippen molar-refractivity contribution in [2.45, 2.75) is 70.0 Å². The Morgan fingerprint density at radius 3 is 2.00 bits per heavy atom. The number of likely N-dealkylation sites (tertiary alicyclic amines) is 1. The van der Waals surface area contributed by atoms with Gasteiger partial charge in [-0.05, 0) is 36.8 Å². The van der Waals surface area contributed by atoms with E-state index in [9.17, 15) is 19.5 Å². The first-order valence-corrected chi connectivity index (χ1v) is 15.7. The Morgan fingerprint density at radius 2 is 1.52 bits per heavy atom. The lowest BCUT2D eigenvalue weighted by molar-refractivity contribution is -0.158. The zero-order chi connectivity index (χ0) is 31.6. The molecule has 2 bridgehead atoms. The van der Waals surface area contributed by atoms with Crippen LogP contribution in [0.15, 0.2) is 86.0 Å². The number of fused-ring (bicyclic) bond motifs is 1. The molecular weight excluding hydrogens is 554 g/mol. The summed E-state index contributed by atoms with van der Waals surface area (Å²) in [6.07, 6.45) is 4.30. The van der Waals surface area contributed by atoms with Crippen LogP contribution in [0.3, 0.4) is 0 Å². The number of amides is 3. The van der Waals surface area contributed by atoms with Gasteiger partial charge < -0.3 is 24.5 Å². The number of aliphatic hydroxyl groups is 1. The van der Waals surface area contributed by atoms with E-state index in [-0.39, 0.29) is 36.8 Å². The molecule has 3 aliphatic heterocycles. The van der Waals surface area contributed by atoms with Crippen LogP contribution in [0.5, 0.6) is 0 Å². The molecule has 2 aromatic carbocycles. The number of carbonyl (C=O) groups is 3. The molecular formula is C36H45N3O5. The number of hydrogen-bond acceptors (Lipinski definition) is 5. The fourth-order valence-electron chi connectivity index (χ4n) is 7.89. The lowest BCUT2D eigenvalue weighted by Crippen LogP contribution is -2.58. The lowest BCUT2D eigenvalue weighted by atomic mass is 9.62. The smallest absolute Gasteiger partial charge is 0.249 e. The third-order valence-electron chi connectivity index (χ3n) is 10.1. The van der Waals surface area contributed by atoms with Crippen LogP contribution in [0, 0.1) is 17.8 Å². The minimum Gasteiger partial charge on any atom is -0.394 e. The zero-order valence-corrected chi connectivity index (χ0v) is 26.1. The number of aliphatic hydroxyl groups excluding tert-OH is 1. The number of carbonyl (C=O) groups excluding carboxylic acids is 3. The number of rotatable bonds is 13. The van der Waals surface area contributed by atoms with Gasteiger partial charge in [-0.1, -0.05) is 86.7 Å². The van der Waals surface area contributed by atoms with Gasteiger partial charge in [0.15, 0.2) is 0 Å². The Balaban J connectivity index is 1.58. The van der Waals surface area contributed by atoms with Gasteiger partial charge in [-0.2, -0.15) is 0 Å². The molecule has 3 aliphatic rings. The van der Waals surface area contributed by atoms with Crippen LogP contribution in [-0.2, 0) is 32.2 Å². The molecule has 0 aromatic heterocycles. The fourth-order valence-corrected chi connectivity index (χ4v) is 7.89. The van der Waals surface area contributed by atoms with Crippen molar-refractivity contribution in [2.75, 3.05) is 19.7 Å². The van der Waals surface area contributed by atoms with Gasteiger partial charge in [0.1, 0.15) is 11.6 Å². The van der Waals surface area contributed by atoms with Crippen molar-refractivity contribution in [1.82, 2.24) is 14.7 Å². The van der Waals surface area contributed by atoms with Crippen LogP contribution in [0.2, 0.25) is 0 Å². The van der Waals surface area contributed by atoms with Crippen LogP contribution in [0.1, 0.15) is 44.7 Å². The molecule has 3 saturated heterocycles. The van der Waals surface area contributed by atoms with E-state index in [1.807, 2.05) is 81.4 Å². The summed E-state index contributed by atoms with van der Waals surface area (Å²) in [5.74, 6) is -2.46. The standard InChI is InChI=1S/C36H45N3O5/c1-6-19-37(22-26-15-11-9-12-16-26)32(41)29-30-33(42)39(28(8-3)24-40)31(36(30)21-25(4)35(29,5)44-36)34(43)38(20-7-2)23-27-17-13-10-14-18-27/h6-7,9-18,25,28-31,40H,1-2,8,19-24H2,3-5H3/t25?,28-,29-,30-,31?,35+,36?/m0/s1. The van der Waals surface area contributed by atoms with Crippen molar-refractivity contribution in [3.63, 3.8) is 0 Å². The second-order valence-electron chi connectivity index (χ2n) is 12.7. The first-order valence-electron chi connectivity index (χ1n) is 15.7. The highest BCUT2D eigenvalue weighted by Gasteiger charge is 2.80. The van der Waals surface area contributed by atoms with Gasteiger partial charge in [-0.25, -0.2) is 0 Å². The van der Waals surface area contributed by atoms with Crippen LogP contribution in [0.25, 0.3) is 0 Å². The van der Waals surface area contributed by atoms with Crippen molar-refractivity contribution >= 4 is 17.7 Å². The molecule has 2 aromatic rings. The number of ether oxygens (including phenoxy) is 1. The van der Waals surface area contributed by atoms with Gasteiger partial charge in [0, 0.05) is 26.2 Å². The van der Waals surface area contributed by atoms with Gasteiger partial charge >= 0.3 is 0 Å². The van der Waals surface area contributed by atoms with E-state index in [0.717, 1.165) is 11.1 Å². The SMILES string of the molecule is C=CCN(Cc1ccccc1)C(=O)C1N([C@@H](CC)CO)C(=O)[C@@H]2[C@@H](C(=O)N(CC=C)Cc3ccccc3)[C@]3(C)OC12CC3C. The van der Waals surface area contributed by atoms with E-state index in [1.54, 1.807) is 26.9 Å². The quantitative estimate of drug-likeness (QED) is 0.349. The molecule has 3 amide bonds. The van der Waals surface area contributed by atoms with E-state index in [1.165, 1.54) is 0 Å². The third-order valence-corrected chi connectivity index (χ3v) is 10.1. The summed E-state index contributed by atoms with van der Waals surface area (Å²) >= 11 is 0. The summed E-state index contributed by atoms with van der Waals surface area (Å²) in [4.78, 5) is 49.0. The summed E-state index contributed by atoms with van der Waals surface area (Å²) in [6.45, 7) is 14.6. The predicted molar refractivity (Wildman–Crippen MR) is 169 cm³/mol. The Kier molecular flexibility index (Phi) is 9.14. The summed E-state index contributed by atoms with van der Waals surface area (Å²) in [7, 11) is 0. The van der Waals surface area contributed by atoms with Crippen molar-refractivity contribution in [2.24, 2.45) is 17.8 Å². The van der Waals surface area contributed by atoms with Gasteiger partial charge in [-0.3, -0.25) is 14.4 Å². The number of benzene rings is 2. The average molecular weight is 600 g/mol. The maximum Gasteiger partial charge on any atom is 0.249 e. The van der Waals surface area contributed by atoms with E-state index < -0.39 is 35.1 Å². The number of hydrogen-bond donors (Lipinski definition) is 1. The molecule has 44 heavy (non-hydrogen) atoms. The van der Waals surface area contributed by atoms with E-state index in [4.69, 9.17) is 4.74 Å². The van der Waals surface area contributed by atoms with E-state index in [0.29, 0.717) is 32.5 Å². The van der Waals surface area contributed by atoms with Gasteiger partial charge in [0.25, 0.3) is 0 Å². The van der Waals surface area contributed by atoms with Crippen LogP contribution in [-0.4, -0.2) is 80.5 Å². The molecule has 5 rings (SSSR count). The Morgan fingerprint density at radius 1 is 1.00 bits per heavy atom. The lowest BCUT2D eigenvalue weighted by Gasteiger charge is -2.39. The molecule has 234 valence electrons. The monoisotopic (exact) mass is 599 g/mol. The van der Waals surface area contributed by atoms with Gasteiger partial charge in [0.05, 0.1) is 30.1 Å². The van der Waals surface area contributed by atoms with Crippen LogP contribution in [0.4, 0.5) is 0 Å². The summed E-state index contributed by atoms with van der Waals surface area (Å²) in [6, 6.07) is 17.9. The molecule has 3 heterocycles. The minimum atomic E-state index is -1.20. The van der Waals surface area contributed by atoms with Crippen molar-refractivity contribution in [3.05, 3.63) is 97.1 Å². The normalized spacial score (nSPS) is 29.3. The second-order valence-corrected chi connectivity index (χ2v) is 12.7. The maximum atomic E-state index is 14.7. The molecule has 7 atom stereocenters. The zero-order valence-electron chi connectivity index (χ0n) is 26.1. The highest BCUT2D eigenvalue weighted by molar-refractivity contribution is 5.99. The second kappa shape index (κ2) is 12.7. The summed E-state index contributed by atoms with van der Waals surface area (Å²) in [5, 5.41) is 10.4. The average Bonchev–Trinajstić information content (AvgIpc) is 3.54.